The topological polar surface area (TPSA) is 118 Å². The first-order chi connectivity index (χ1) is 18.5. The van der Waals surface area contributed by atoms with Gasteiger partial charge in [0.15, 0.2) is 5.78 Å². The number of rotatable bonds is 8. The van der Waals surface area contributed by atoms with Crippen LogP contribution < -0.4 is 0 Å². The molecule has 1 aromatic heterocycles. The van der Waals surface area contributed by atoms with Gasteiger partial charge in [-0.05, 0) is 24.1 Å². The predicted octanol–water partition coefficient (Wildman–Crippen LogP) is 2.85. The summed E-state index contributed by atoms with van der Waals surface area (Å²) in [5.41, 5.74) is 2.15. The van der Waals surface area contributed by atoms with Crippen LogP contribution in [0, 0.1) is 11.7 Å². The Labute approximate surface area is 218 Å². The van der Waals surface area contributed by atoms with Crippen molar-refractivity contribution in [2.45, 2.75) is 36.9 Å². The lowest BCUT2D eigenvalue weighted by molar-refractivity contribution is -0.214. The fourth-order valence-corrected chi connectivity index (χ4v) is 5.02. The molecule has 196 valence electrons. The predicted molar refractivity (Wildman–Crippen MR) is 137 cm³/mol. The van der Waals surface area contributed by atoms with Crippen LogP contribution in [0.4, 0.5) is 4.39 Å². The molecule has 0 bridgehead atoms. The Hall–Kier alpha value is -3.76. The van der Waals surface area contributed by atoms with Crippen LogP contribution in [0.2, 0.25) is 0 Å². The van der Waals surface area contributed by atoms with E-state index in [0.717, 1.165) is 5.56 Å². The van der Waals surface area contributed by atoms with Gasteiger partial charge in [-0.3, -0.25) is 4.79 Å². The summed E-state index contributed by atoms with van der Waals surface area (Å²) in [7, 11) is 0. The first-order valence-corrected chi connectivity index (χ1v) is 12.4. The number of benzene rings is 3. The quantitative estimate of drug-likeness (QED) is 0.308. The molecule has 0 saturated carbocycles. The van der Waals surface area contributed by atoms with Gasteiger partial charge in [0.1, 0.15) is 35.9 Å². The zero-order valence-electron chi connectivity index (χ0n) is 20.4. The average Bonchev–Trinajstić information content (AvgIpc) is 3.43. The number of aromatic nitrogens is 3. The molecule has 1 aliphatic heterocycles. The first-order valence-electron chi connectivity index (χ1n) is 12.4. The van der Waals surface area contributed by atoms with Gasteiger partial charge in [0.25, 0.3) is 0 Å². The number of carbonyl (C=O) groups is 1. The highest BCUT2D eigenvalue weighted by Crippen LogP contribution is 2.36. The molecule has 9 heteroatoms. The Kier molecular flexibility index (Phi) is 7.71. The minimum absolute atomic E-state index is 0.232. The summed E-state index contributed by atoms with van der Waals surface area (Å²) >= 11 is 0. The number of aliphatic hydroxyl groups is 3. The third-order valence-corrected chi connectivity index (χ3v) is 6.96. The van der Waals surface area contributed by atoms with E-state index in [9.17, 15) is 24.5 Å². The molecule has 1 aliphatic rings. The van der Waals surface area contributed by atoms with E-state index in [2.05, 4.69) is 10.3 Å². The Morgan fingerprint density at radius 2 is 1.68 bits per heavy atom. The smallest absolute Gasteiger partial charge is 0.168 e. The normalized spacial score (nSPS) is 24.2. The van der Waals surface area contributed by atoms with Crippen LogP contribution in [0.25, 0.3) is 11.3 Å². The molecule has 2 heterocycles. The molecule has 6 atom stereocenters. The summed E-state index contributed by atoms with van der Waals surface area (Å²) in [4.78, 5) is 13.7. The van der Waals surface area contributed by atoms with Crippen molar-refractivity contribution < 1.29 is 29.2 Å². The first kappa shape index (κ1) is 25.9. The molecule has 0 amide bonds. The highest BCUT2D eigenvalue weighted by Gasteiger charge is 2.50. The van der Waals surface area contributed by atoms with Crippen molar-refractivity contribution in [3.8, 4) is 11.3 Å². The molecule has 1 unspecified atom stereocenters. The number of hydrogen-bond donors (Lipinski definition) is 3. The third kappa shape index (κ3) is 5.27. The van der Waals surface area contributed by atoms with Crippen molar-refractivity contribution in [2.75, 3.05) is 6.61 Å². The summed E-state index contributed by atoms with van der Waals surface area (Å²) in [6.07, 6.45) is -3.13. The summed E-state index contributed by atoms with van der Waals surface area (Å²) in [6, 6.07) is 22.9. The Morgan fingerprint density at radius 3 is 2.37 bits per heavy atom. The van der Waals surface area contributed by atoms with Gasteiger partial charge >= 0.3 is 0 Å². The van der Waals surface area contributed by atoms with Gasteiger partial charge in [-0.25, -0.2) is 9.07 Å². The van der Waals surface area contributed by atoms with Gasteiger partial charge in [0.05, 0.1) is 24.8 Å². The van der Waals surface area contributed by atoms with Crippen LogP contribution in [0.1, 0.15) is 22.0 Å². The van der Waals surface area contributed by atoms with Crippen molar-refractivity contribution in [3.63, 3.8) is 0 Å². The van der Waals surface area contributed by atoms with Gasteiger partial charge in [0, 0.05) is 11.1 Å². The minimum atomic E-state index is -1.38. The summed E-state index contributed by atoms with van der Waals surface area (Å²) in [5.74, 6) is -1.50. The average molecular weight is 518 g/mol. The van der Waals surface area contributed by atoms with E-state index in [0.29, 0.717) is 16.8 Å². The van der Waals surface area contributed by atoms with Gasteiger partial charge in [-0.2, -0.15) is 0 Å². The molecule has 38 heavy (non-hydrogen) atoms. The maximum atomic E-state index is 13.8. The number of Topliss-reactive ketones (excluding diaryl/α,β-unsaturated/α-hetero) is 1. The lowest BCUT2D eigenvalue weighted by atomic mass is 9.80. The number of aliphatic hydroxyl groups excluding tert-OH is 3. The second kappa shape index (κ2) is 11.3. The molecule has 0 radical (unpaired) electrons. The molecule has 5 rings (SSSR count). The molecule has 4 aromatic rings. The fourth-order valence-electron chi connectivity index (χ4n) is 5.02. The van der Waals surface area contributed by atoms with Crippen LogP contribution in [0.5, 0.6) is 0 Å². The van der Waals surface area contributed by atoms with E-state index in [1.807, 2.05) is 36.4 Å². The SMILES string of the molecule is O=C(c1ccccc1)[C@H](Cc1ccccc1)C1O[C@H](CO)[C@H](O)[C@H](n2cc(-c3cccc(F)c3)nn2)[C@H]1O. The second-order valence-corrected chi connectivity index (χ2v) is 9.41. The summed E-state index contributed by atoms with van der Waals surface area (Å²) in [5, 5.41) is 40.8. The number of ether oxygens (including phenoxy) is 1. The van der Waals surface area contributed by atoms with E-state index >= 15 is 0 Å². The number of ketones is 1. The van der Waals surface area contributed by atoms with Crippen molar-refractivity contribution in [1.29, 1.82) is 0 Å². The Balaban J connectivity index is 1.51. The highest BCUT2D eigenvalue weighted by molar-refractivity contribution is 5.98. The van der Waals surface area contributed by atoms with Crippen LogP contribution >= 0.6 is 0 Å². The van der Waals surface area contributed by atoms with Gasteiger partial charge in [-0.15, -0.1) is 5.10 Å². The maximum Gasteiger partial charge on any atom is 0.168 e. The molecule has 0 aliphatic carbocycles. The molecule has 3 N–H and O–H groups in total. The lowest BCUT2D eigenvalue weighted by Gasteiger charge is -2.44. The molecular formula is C29H28FN3O5. The Morgan fingerprint density at radius 1 is 0.974 bits per heavy atom. The molecule has 1 fully saturated rings. The van der Waals surface area contributed by atoms with Gasteiger partial charge in [0.2, 0.25) is 0 Å². The van der Waals surface area contributed by atoms with Crippen LogP contribution in [-0.2, 0) is 11.2 Å². The van der Waals surface area contributed by atoms with Crippen molar-refractivity contribution in [3.05, 3.63) is 108 Å². The lowest BCUT2D eigenvalue weighted by Crippen LogP contribution is -2.59. The van der Waals surface area contributed by atoms with Gasteiger partial charge in [-0.1, -0.05) is 78.0 Å². The molecule has 8 nitrogen and oxygen atoms in total. The van der Waals surface area contributed by atoms with E-state index in [4.69, 9.17) is 4.74 Å². The zero-order valence-corrected chi connectivity index (χ0v) is 20.4. The maximum absolute atomic E-state index is 13.8. The fraction of sp³-hybridized carbons (Fsp3) is 0.276. The van der Waals surface area contributed by atoms with E-state index in [-0.39, 0.29) is 12.2 Å². The molecule has 3 aromatic carbocycles. The van der Waals surface area contributed by atoms with Crippen molar-refractivity contribution in [1.82, 2.24) is 15.0 Å². The van der Waals surface area contributed by atoms with Crippen LogP contribution in [-0.4, -0.2) is 67.1 Å². The monoisotopic (exact) mass is 517 g/mol. The van der Waals surface area contributed by atoms with Crippen LogP contribution in [0.3, 0.4) is 0 Å². The Bertz CT molecular complexity index is 1370. The minimum Gasteiger partial charge on any atom is -0.394 e. The van der Waals surface area contributed by atoms with Gasteiger partial charge < -0.3 is 20.1 Å². The van der Waals surface area contributed by atoms with E-state index < -0.39 is 48.8 Å². The zero-order chi connectivity index (χ0) is 26.6. The molecule has 1 saturated heterocycles. The number of hydrogen-bond acceptors (Lipinski definition) is 7. The van der Waals surface area contributed by atoms with Crippen molar-refractivity contribution >= 4 is 5.78 Å². The largest absolute Gasteiger partial charge is 0.394 e. The number of halogens is 1. The third-order valence-electron chi connectivity index (χ3n) is 6.96. The van der Waals surface area contributed by atoms with E-state index in [1.165, 1.54) is 23.0 Å². The number of carbonyl (C=O) groups excluding carboxylic acids is 1. The highest BCUT2D eigenvalue weighted by atomic mass is 19.1. The van der Waals surface area contributed by atoms with Crippen LogP contribution in [0.15, 0.2) is 91.1 Å². The van der Waals surface area contributed by atoms with E-state index in [1.54, 1.807) is 36.4 Å². The second-order valence-electron chi connectivity index (χ2n) is 9.41. The standard InChI is InChI=1S/C29H28FN3O5/c30-21-13-7-12-20(15-21)23-16-33(32-31-23)25-27(36)24(17-34)38-29(28(25)37)22(14-18-8-3-1-4-9-18)26(35)19-10-5-2-6-11-19/h1-13,15-16,22,24-25,27-29,34,36-37H,14,17H2/t22-,24+,25-,27-,28+,29?/m0/s1. The van der Waals surface area contributed by atoms with Crippen molar-refractivity contribution in [2.24, 2.45) is 5.92 Å². The molecule has 0 spiro atoms. The molecular weight excluding hydrogens is 489 g/mol. The number of nitrogens with zero attached hydrogens (tertiary/aromatic N) is 3. The summed E-state index contributed by atoms with van der Waals surface area (Å²) in [6.45, 7) is -0.538. The summed E-state index contributed by atoms with van der Waals surface area (Å²) < 4.78 is 21.1.